The van der Waals surface area contributed by atoms with Gasteiger partial charge in [0.1, 0.15) is 11.6 Å². The van der Waals surface area contributed by atoms with Crippen LogP contribution in [0.2, 0.25) is 0 Å². The third kappa shape index (κ3) is 3.66. The van der Waals surface area contributed by atoms with Gasteiger partial charge in [0, 0.05) is 17.1 Å². The van der Waals surface area contributed by atoms with Crippen molar-refractivity contribution < 1.29 is 17.2 Å². The molecule has 0 amide bonds. The molecule has 7 heteroatoms. The molecule has 0 saturated carbocycles. The summed E-state index contributed by atoms with van der Waals surface area (Å²) in [4.78, 5) is -0.459. The van der Waals surface area contributed by atoms with Gasteiger partial charge < -0.3 is 0 Å². The summed E-state index contributed by atoms with van der Waals surface area (Å²) in [6.07, 6.45) is 0. The smallest absolute Gasteiger partial charge is 0.207 e. The van der Waals surface area contributed by atoms with E-state index < -0.39 is 26.6 Å². The fourth-order valence-corrected chi connectivity index (χ4v) is 2.33. The minimum atomic E-state index is -3.92. The molecule has 0 fully saturated rings. The Morgan fingerprint density at radius 3 is 2.25 bits per heavy atom. The summed E-state index contributed by atoms with van der Waals surface area (Å²) >= 11 is 2.96. The molecule has 0 spiro atoms. The fraction of sp³-hybridized carbons (Fsp3) is 0.111. The largest absolute Gasteiger partial charge is 0.241 e. The average molecular weight is 312 g/mol. The first-order valence-corrected chi connectivity index (χ1v) is 6.38. The molecule has 0 unspecified atom stereocenters. The Kier molecular flexibility index (Phi) is 4.17. The van der Waals surface area contributed by atoms with Crippen LogP contribution in [-0.4, -0.2) is 15.0 Å². The van der Waals surface area contributed by atoms with E-state index in [1.54, 1.807) is 0 Å². The molecule has 16 heavy (non-hydrogen) atoms. The lowest BCUT2D eigenvalue weighted by atomic mass is 10.3. The molecule has 0 aromatic heterocycles. The number of hydrogen-bond acceptors (Lipinski definition) is 2. The van der Waals surface area contributed by atoms with Crippen molar-refractivity contribution in [2.75, 3.05) is 6.54 Å². The Hall–Kier alpha value is -0.790. The first-order valence-electron chi connectivity index (χ1n) is 4.10. The Morgan fingerprint density at radius 1 is 1.31 bits per heavy atom. The van der Waals surface area contributed by atoms with Crippen LogP contribution in [0, 0.1) is 11.6 Å². The van der Waals surface area contributed by atoms with Crippen LogP contribution in [0.5, 0.6) is 0 Å². The van der Waals surface area contributed by atoms with Gasteiger partial charge in [-0.15, -0.1) is 0 Å². The van der Waals surface area contributed by atoms with E-state index in [4.69, 9.17) is 0 Å². The van der Waals surface area contributed by atoms with Crippen molar-refractivity contribution in [2.45, 2.75) is 4.90 Å². The van der Waals surface area contributed by atoms with Crippen molar-refractivity contribution in [1.82, 2.24) is 4.72 Å². The molecule has 3 nitrogen and oxygen atoms in total. The predicted octanol–water partition coefficient (Wildman–Crippen LogP) is 2.15. The molecule has 0 aliphatic carbocycles. The molecule has 0 aliphatic rings. The minimum absolute atomic E-state index is 0.0551. The second kappa shape index (κ2) is 5.03. The lowest BCUT2D eigenvalue weighted by Gasteiger charge is -2.06. The molecule has 1 N–H and O–H groups in total. The van der Waals surface area contributed by atoms with Crippen molar-refractivity contribution in [1.29, 1.82) is 0 Å². The van der Waals surface area contributed by atoms with E-state index in [9.17, 15) is 17.2 Å². The molecular formula is C9H8BrF2NO2S. The van der Waals surface area contributed by atoms with E-state index in [1.165, 1.54) is 0 Å². The topological polar surface area (TPSA) is 46.2 Å². The van der Waals surface area contributed by atoms with E-state index >= 15 is 0 Å². The zero-order valence-corrected chi connectivity index (χ0v) is 10.4. The predicted molar refractivity (Wildman–Crippen MR) is 59.6 cm³/mol. The Bertz CT molecular complexity index is 496. The Morgan fingerprint density at radius 2 is 1.81 bits per heavy atom. The SMILES string of the molecule is C=C(Br)CNS(=O)(=O)c1cc(F)cc(F)c1. The molecule has 1 rings (SSSR count). The van der Waals surface area contributed by atoms with E-state index in [0.717, 1.165) is 12.1 Å². The van der Waals surface area contributed by atoms with E-state index in [0.29, 0.717) is 10.5 Å². The summed E-state index contributed by atoms with van der Waals surface area (Å²) in [6, 6.07) is 2.08. The van der Waals surface area contributed by atoms with Crippen LogP contribution in [0.3, 0.4) is 0 Å². The first-order chi connectivity index (χ1) is 7.31. The first kappa shape index (κ1) is 13.3. The molecule has 0 atom stereocenters. The van der Waals surface area contributed by atoms with Crippen LogP contribution < -0.4 is 4.72 Å². The molecule has 0 saturated heterocycles. The van der Waals surface area contributed by atoms with E-state index in [-0.39, 0.29) is 6.54 Å². The van der Waals surface area contributed by atoms with Crippen molar-refractivity contribution in [2.24, 2.45) is 0 Å². The fourth-order valence-electron chi connectivity index (χ4n) is 0.940. The van der Waals surface area contributed by atoms with Crippen molar-refractivity contribution in [3.63, 3.8) is 0 Å². The lowest BCUT2D eigenvalue weighted by molar-refractivity contribution is 0.563. The number of nitrogens with one attached hydrogen (secondary N) is 1. The molecule has 0 heterocycles. The monoisotopic (exact) mass is 311 g/mol. The van der Waals surface area contributed by atoms with E-state index in [2.05, 4.69) is 27.2 Å². The Labute approximate surface area is 100 Å². The average Bonchev–Trinajstić information content (AvgIpc) is 2.13. The number of benzene rings is 1. The summed E-state index contributed by atoms with van der Waals surface area (Å²) in [5.74, 6) is -1.89. The van der Waals surface area contributed by atoms with E-state index in [1.807, 2.05) is 0 Å². The van der Waals surface area contributed by atoms with Gasteiger partial charge >= 0.3 is 0 Å². The summed E-state index contributed by atoms with van der Waals surface area (Å²) in [5.41, 5.74) is 0. The highest BCUT2D eigenvalue weighted by molar-refractivity contribution is 9.11. The molecule has 0 bridgehead atoms. The van der Waals surface area contributed by atoms with Crippen molar-refractivity contribution in [3.05, 3.63) is 40.9 Å². The van der Waals surface area contributed by atoms with Gasteiger partial charge in [-0.1, -0.05) is 22.5 Å². The number of rotatable bonds is 4. The molecule has 0 aliphatic heterocycles. The van der Waals surface area contributed by atoms with Crippen LogP contribution >= 0.6 is 15.9 Å². The summed E-state index contributed by atoms with van der Waals surface area (Å²) in [5, 5.41) is 0. The normalized spacial score (nSPS) is 11.4. The summed E-state index contributed by atoms with van der Waals surface area (Å²) < 4.78 is 51.2. The lowest BCUT2D eigenvalue weighted by Crippen LogP contribution is -2.25. The molecular weight excluding hydrogens is 304 g/mol. The molecule has 0 radical (unpaired) electrons. The Balaban J connectivity index is 3.02. The van der Waals surface area contributed by atoms with Gasteiger partial charge in [-0.05, 0) is 12.1 Å². The quantitative estimate of drug-likeness (QED) is 0.926. The maximum Gasteiger partial charge on any atom is 0.241 e. The zero-order valence-electron chi connectivity index (χ0n) is 8.00. The van der Waals surface area contributed by atoms with Crippen LogP contribution in [0.25, 0.3) is 0 Å². The molecule has 88 valence electrons. The zero-order chi connectivity index (χ0) is 12.3. The van der Waals surface area contributed by atoms with Crippen molar-refractivity contribution >= 4 is 26.0 Å². The van der Waals surface area contributed by atoms with Gasteiger partial charge in [0.2, 0.25) is 10.0 Å². The van der Waals surface area contributed by atoms with Crippen molar-refractivity contribution in [3.8, 4) is 0 Å². The third-order valence-electron chi connectivity index (χ3n) is 1.60. The summed E-state index contributed by atoms with van der Waals surface area (Å²) in [6.45, 7) is 3.37. The number of sulfonamides is 1. The number of halogens is 3. The summed E-state index contributed by atoms with van der Waals surface area (Å²) in [7, 11) is -3.92. The second-order valence-electron chi connectivity index (χ2n) is 2.95. The second-order valence-corrected chi connectivity index (χ2v) is 5.84. The highest BCUT2D eigenvalue weighted by Gasteiger charge is 2.15. The highest BCUT2D eigenvalue weighted by atomic mass is 79.9. The standard InChI is InChI=1S/C9H8BrF2NO2S/c1-6(10)5-13-16(14,15)9-3-7(11)2-8(12)4-9/h2-4,13H,1,5H2. The van der Waals surface area contributed by atoms with Gasteiger partial charge in [-0.2, -0.15) is 0 Å². The third-order valence-corrected chi connectivity index (χ3v) is 3.26. The van der Waals surface area contributed by atoms with Gasteiger partial charge in [0.25, 0.3) is 0 Å². The van der Waals surface area contributed by atoms with Gasteiger partial charge in [-0.25, -0.2) is 21.9 Å². The maximum atomic E-state index is 12.8. The van der Waals surface area contributed by atoms with Crippen LogP contribution in [0.4, 0.5) is 8.78 Å². The maximum absolute atomic E-state index is 12.8. The molecule has 1 aromatic rings. The molecule has 1 aromatic carbocycles. The number of hydrogen-bond donors (Lipinski definition) is 1. The van der Waals surface area contributed by atoms with Crippen LogP contribution in [0.15, 0.2) is 34.2 Å². The van der Waals surface area contributed by atoms with Crippen LogP contribution in [-0.2, 0) is 10.0 Å². The van der Waals surface area contributed by atoms with Crippen LogP contribution in [0.1, 0.15) is 0 Å². The van der Waals surface area contributed by atoms with Gasteiger partial charge in [-0.3, -0.25) is 0 Å². The van der Waals surface area contributed by atoms with Gasteiger partial charge in [0.15, 0.2) is 0 Å². The van der Waals surface area contributed by atoms with Gasteiger partial charge in [0.05, 0.1) is 4.90 Å². The highest BCUT2D eigenvalue weighted by Crippen LogP contribution is 2.13. The minimum Gasteiger partial charge on any atom is -0.207 e.